The first-order valence-corrected chi connectivity index (χ1v) is 6.18. The zero-order valence-corrected chi connectivity index (χ0v) is 9.76. The van der Waals surface area contributed by atoms with E-state index >= 15 is 0 Å². The Morgan fingerprint density at radius 3 is 2.29 bits per heavy atom. The Hall–Kier alpha value is -1.76. The molecule has 0 bridgehead atoms. The first kappa shape index (κ1) is 10.4. The summed E-state index contributed by atoms with van der Waals surface area (Å²) in [6.07, 6.45) is 3.50. The van der Waals surface area contributed by atoms with Crippen molar-refractivity contribution >= 4 is 0 Å². The van der Waals surface area contributed by atoms with Crippen LogP contribution in [0.3, 0.4) is 0 Å². The summed E-state index contributed by atoms with van der Waals surface area (Å²) in [7, 11) is 0. The molecule has 1 aliphatic rings. The Bertz CT molecular complexity index is 509. The minimum absolute atomic E-state index is 0.388. The van der Waals surface area contributed by atoms with Gasteiger partial charge >= 0.3 is 0 Å². The third-order valence-electron chi connectivity index (χ3n) is 3.41. The first-order chi connectivity index (χ1) is 8.33. The van der Waals surface area contributed by atoms with E-state index in [1.807, 2.05) is 18.2 Å². The maximum atomic E-state index is 9.72. The van der Waals surface area contributed by atoms with Crippen LogP contribution in [0.2, 0.25) is 0 Å². The summed E-state index contributed by atoms with van der Waals surface area (Å²) in [5.74, 6) is 1.20. The van der Waals surface area contributed by atoms with E-state index in [1.165, 1.54) is 24.0 Å². The standard InChI is InChI=1S/C16H16O/c17-16-4-2-1-3-15(16)11-12-5-7-13(8-6-12)14-9-10-14/h1-8,14,17H,9-11H2. The topological polar surface area (TPSA) is 20.2 Å². The van der Waals surface area contributed by atoms with Crippen LogP contribution < -0.4 is 0 Å². The minimum Gasteiger partial charge on any atom is -0.508 e. The number of phenolic OH excluding ortho intramolecular Hbond substituents is 1. The van der Waals surface area contributed by atoms with Gasteiger partial charge in [0.1, 0.15) is 5.75 Å². The summed E-state index contributed by atoms with van der Waals surface area (Å²) >= 11 is 0. The van der Waals surface area contributed by atoms with Crippen LogP contribution in [0.25, 0.3) is 0 Å². The van der Waals surface area contributed by atoms with Gasteiger partial charge < -0.3 is 5.11 Å². The molecule has 0 atom stereocenters. The van der Waals surface area contributed by atoms with Crippen LogP contribution in [-0.4, -0.2) is 5.11 Å². The second-order valence-corrected chi connectivity index (χ2v) is 4.82. The van der Waals surface area contributed by atoms with Crippen molar-refractivity contribution in [1.29, 1.82) is 0 Å². The average Bonchev–Trinajstić information content (AvgIpc) is 3.17. The van der Waals surface area contributed by atoms with Gasteiger partial charge in [0.2, 0.25) is 0 Å². The van der Waals surface area contributed by atoms with Crippen molar-refractivity contribution in [2.75, 3.05) is 0 Å². The molecule has 0 spiro atoms. The number of phenols is 1. The summed E-state index contributed by atoms with van der Waals surface area (Å²) in [5.41, 5.74) is 3.72. The fourth-order valence-electron chi connectivity index (χ4n) is 2.20. The van der Waals surface area contributed by atoms with Gasteiger partial charge in [-0.05, 0) is 41.5 Å². The summed E-state index contributed by atoms with van der Waals surface area (Å²) in [6.45, 7) is 0. The lowest BCUT2D eigenvalue weighted by atomic mass is 10.0. The lowest BCUT2D eigenvalue weighted by Crippen LogP contribution is -1.89. The Labute approximate surface area is 102 Å². The van der Waals surface area contributed by atoms with Crippen molar-refractivity contribution in [2.24, 2.45) is 0 Å². The van der Waals surface area contributed by atoms with Gasteiger partial charge in [0.25, 0.3) is 0 Å². The molecule has 1 saturated carbocycles. The van der Waals surface area contributed by atoms with Gasteiger partial charge in [0.05, 0.1) is 0 Å². The van der Waals surface area contributed by atoms with Gasteiger partial charge in [0, 0.05) is 6.42 Å². The van der Waals surface area contributed by atoms with E-state index in [4.69, 9.17) is 0 Å². The molecule has 0 radical (unpaired) electrons. The van der Waals surface area contributed by atoms with E-state index in [2.05, 4.69) is 24.3 Å². The lowest BCUT2D eigenvalue weighted by molar-refractivity contribution is 0.469. The van der Waals surface area contributed by atoms with Crippen LogP contribution in [0.5, 0.6) is 5.75 Å². The normalized spacial score (nSPS) is 14.8. The van der Waals surface area contributed by atoms with Crippen LogP contribution in [0, 0.1) is 0 Å². The van der Waals surface area contributed by atoms with E-state index in [9.17, 15) is 5.11 Å². The molecular weight excluding hydrogens is 208 g/mol. The smallest absolute Gasteiger partial charge is 0.119 e. The van der Waals surface area contributed by atoms with Crippen LogP contribution in [0.1, 0.15) is 35.4 Å². The van der Waals surface area contributed by atoms with Gasteiger partial charge in [-0.1, -0.05) is 42.5 Å². The molecule has 86 valence electrons. The number of aromatic hydroxyl groups is 1. The summed E-state index contributed by atoms with van der Waals surface area (Å²) < 4.78 is 0. The number of hydrogen-bond acceptors (Lipinski definition) is 1. The second-order valence-electron chi connectivity index (χ2n) is 4.82. The molecule has 3 rings (SSSR count). The molecule has 0 aromatic heterocycles. The molecule has 1 heteroatoms. The third kappa shape index (κ3) is 2.33. The number of hydrogen-bond donors (Lipinski definition) is 1. The molecule has 1 nitrogen and oxygen atoms in total. The predicted molar refractivity (Wildman–Crippen MR) is 69.3 cm³/mol. The number of benzene rings is 2. The van der Waals surface area contributed by atoms with E-state index in [-0.39, 0.29) is 0 Å². The average molecular weight is 224 g/mol. The molecular formula is C16H16O. The highest BCUT2D eigenvalue weighted by molar-refractivity contribution is 5.37. The van der Waals surface area contributed by atoms with Crippen LogP contribution >= 0.6 is 0 Å². The molecule has 1 fully saturated rings. The Kier molecular flexibility index (Phi) is 2.60. The van der Waals surface area contributed by atoms with Crippen molar-refractivity contribution in [2.45, 2.75) is 25.2 Å². The summed E-state index contributed by atoms with van der Waals surface area (Å²) in [5, 5.41) is 9.72. The maximum Gasteiger partial charge on any atom is 0.119 e. The van der Waals surface area contributed by atoms with Crippen molar-refractivity contribution in [3.63, 3.8) is 0 Å². The first-order valence-electron chi connectivity index (χ1n) is 6.18. The highest BCUT2D eigenvalue weighted by Crippen LogP contribution is 2.40. The molecule has 0 aliphatic heterocycles. The van der Waals surface area contributed by atoms with Gasteiger partial charge in [0.15, 0.2) is 0 Å². The van der Waals surface area contributed by atoms with Gasteiger partial charge in [-0.2, -0.15) is 0 Å². The van der Waals surface area contributed by atoms with E-state index in [0.29, 0.717) is 5.75 Å². The molecule has 1 N–H and O–H groups in total. The summed E-state index contributed by atoms with van der Waals surface area (Å²) in [6, 6.07) is 16.4. The van der Waals surface area contributed by atoms with Crippen LogP contribution in [0.15, 0.2) is 48.5 Å². The molecule has 0 unspecified atom stereocenters. The van der Waals surface area contributed by atoms with Crippen LogP contribution in [-0.2, 0) is 6.42 Å². The van der Waals surface area contributed by atoms with E-state index < -0.39 is 0 Å². The highest BCUT2D eigenvalue weighted by atomic mass is 16.3. The molecule has 0 saturated heterocycles. The molecule has 1 aliphatic carbocycles. The van der Waals surface area contributed by atoms with Crippen LogP contribution in [0.4, 0.5) is 0 Å². The fourth-order valence-corrected chi connectivity index (χ4v) is 2.20. The zero-order chi connectivity index (χ0) is 11.7. The number of rotatable bonds is 3. The van der Waals surface area contributed by atoms with Gasteiger partial charge in [-0.25, -0.2) is 0 Å². The van der Waals surface area contributed by atoms with E-state index in [0.717, 1.165) is 17.9 Å². The van der Waals surface area contributed by atoms with Gasteiger partial charge in [-0.3, -0.25) is 0 Å². The molecule has 2 aromatic rings. The molecule has 0 amide bonds. The van der Waals surface area contributed by atoms with Crippen molar-refractivity contribution in [3.8, 4) is 5.75 Å². The summed E-state index contributed by atoms with van der Waals surface area (Å²) in [4.78, 5) is 0. The largest absolute Gasteiger partial charge is 0.508 e. The Morgan fingerprint density at radius 2 is 1.65 bits per heavy atom. The Morgan fingerprint density at radius 1 is 0.941 bits per heavy atom. The van der Waals surface area contributed by atoms with E-state index in [1.54, 1.807) is 6.07 Å². The molecule has 17 heavy (non-hydrogen) atoms. The van der Waals surface area contributed by atoms with Gasteiger partial charge in [-0.15, -0.1) is 0 Å². The van der Waals surface area contributed by atoms with Crippen molar-refractivity contribution in [1.82, 2.24) is 0 Å². The quantitative estimate of drug-likeness (QED) is 0.839. The highest BCUT2D eigenvalue weighted by Gasteiger charge is 2.22. The predicted octanol–water partition coefficient (Wildman–Crippen LogP) is 3.86. The maximum absolute atomic E-state index is 9.72. The third-order valence-corrected chi connectivity index (χ3v) is 3.41. The Balaban J connectivity index is 1.78. The second kappa shape index (κ2) is 4.25. The number of para-hydroxylation sites is 1. The SMILES string of the molecule is Oc1ccccc1Cc1ccc(C2CC2)cc1. The van der Waals surface area contributed by atoms with Crippen molar-refractivity contribution in [3.05, 3.63) is 65.2 Å². The molecule has 2 aromatic carbocycles. The monoisotopic (exact) mass is 224 g/mol. The minimum atomic E-state index is 0.388. The van der Waals surface area contributed by atoms with Crippen molar-refractivity contribution < 1.29 is 5.11 Å². The lowest BCUT2D eigenvalue weighted by Gasteiger charge is -2.05. The molecule has 0 heterocycles. The fraction of sp³-hybridized carbons (Fsp3) is 0.250. The zero-order valence-electron chi connectivity index (χ0n) is 9.76.